The van der Waals surface area contributed by atoms with Gasteiger partial charge in [0.1, 0.15) is 9.84 Å². The highest BCUT2D eigenvalue weighted by Crippen LogP contribution is 2.12. The normalized spacial score (nSPS) is 13.1. The standard InChI is InChI=1S/C9H15ClN4O3S/c1-4-17-9-13-7(10)12-8(14-9)11-6(2)5-18(3,15)16/h6H,4-5H2,1-3H3,(H,11,12,13,14). The molecule has 0 spiro atoms. The lowest BCUT2D eigenvalue weighted by Crippen LogP contribution is -2.26. The van der Waals surface area contributed by atoms with Gasteiger partial charge in [-0.05, 0) is 25.4 Å². The van der Waals surface area contributed by atoms with Crippen molar-refractivity contribution in [2.45, 2.75) is 19.9 Å². The molecule has 1 aromatic heterocycles. The lowest BCUT2D eigenvalue weighted by molar-refractivity contribution is 0.312. The maximum Gasteiger partial charge on any atom is 0.322 e. The minimum absolute atomic E-state index is 0.0116. The van der Waals surface area contributed by atoms with E-state index in [2.05, 4.69) is 20.3 Å². The predicted octanol–water partition coefficient (Wildman–Crippen LogP) is 0.769. The molecule has 0 saturated carbocycles. The Morgan fingerprint density at radius 2 is 2.06 bits per heavy atom. The molecule has 0 aliphatic rings. The second kappa shape index (κ2) is 6.14. The molecular formula is C9H15ClN4O3S. The summed E-state index contributed by atoms with van der Waals surface area (Å²) in [5.74, 6) is 0.162. The summed E-state index contributed by atoms with van der Waals surface area (Å²) in [6.45, 7) is 3.90. The molecule has 1 N–H and O–H groups in total. The Morgan fingerprint density at radius 1 is 1.39 bits per heavy atom. The van der Waals surface area contributed by atoms with Crippen LogP contribution in [0.2, 0.25) is 5.28 Å². The van der Waals surface area contributed by atoms with Gasteiger partial charge in [-0.1, -0.05) is 0 Å². The first-order valence-electron chi connectivity index (χ1n) is 5.29. The third kappa shape index (κ3) is 5.46. The fourth-order valence-electron chi connectivity index (χ4n) is 1.31. The van der Waals surface area contributed by atoms with E-state index in [1.165, 1.54) is 0 Å². The molecule has 1 heterocycles. The van der Waals surface area contributed by atoms with Crippen LogP contribution in [0, 0.1) is 0 Å². The van der Waals surface area contributed by atoms with Gasteiger partial charge < -0.3 is 10.1 Å². The Morgan fingerprint density at radius 3 is 2.61 bits per heavy atom. The van der Waals surface area contributed by atoms with Gasteiger partial charge in [-0.25, -0.2) is 8.42 Å². The Labute approximate surface area is 111 Å². The fourth-order valence-corrected chi connectivity index (χ4v) is 2.45. The second-order valence-corrected chi connectivity index (χ2v) is 6.30. The lowest BCUT2D eigenvalue weighted by Gasteiger charge is -2.12. The van der Waals surface area contributed by atoms with E-state index in [0.29, 0.717) is 6.61 Å². The van der Waals surface area contributed by atoms with Crippen molar-refractivity contribution in [3.05, 3.63) is 5.28 Å². The Hall–Kier alpha value is -1.15. The summed E-state index contributed by atoms with van der Waals surface area (Å²) in [5, 5.41) is 2.82. The number of aromatic nitrogens is 3. The molecule has 1 atom stereocenters. The first kappa shape index (κ1) is 14.9. The molecule has 0 aromatic carbocycles. The predicted molar refractivity (Wildman–Crippen MR) is 68.8 cm³/mol. The Balaban J connectivity index is 2.77. The van der Waals surface area contributed by atoms with Crippen molar-refractivity contribution in [2.24, 2.45) is 0 Å². The summed E-state index contributed by atoms with van der Waals surface area (Å²) in [4.78, 5) is 11.6. The van der Waals surface area contributed by atoms with Gasteiger partial charge in [0.25, 0.3) is 0 Å². The van der Waals surface area contributed by atoms with Crippen molar-refractivity contribution in [3.63, 3.8) is 0 Å². The number of nitrogens with zero attached hydrogens (tertiary/aromatic N) is 3. The van der Waals surface area contributed by atoms with Gasteiger partial charge in [-0.15, -0.1) is 0 Å². The third-order valence-electron chi connectivity index (χ3n) is 1.79. The molecule has 0 bridgehead atoms. The van der Waals surface area contributed by atoms with Crippen molar-refractivity contribution in [2.75, 3.05) is 23.9 Å². The molecule has 7 nitrogen and oxygen atoms in total. The molecule has 0 amide bonds. The lowest BCUT2D eigenvalue weighted by atomic mass is 10.4. The maximum atomic E-state index is 11.1. The molecule has 1 unspecified atom stereocenters. The first-order chi connectivity index (χ1) is 8.30. The van der Waals surface area contributed by atoms with Gasteiger partial charge in [0.15, 0.2) is 0 Å². The molecule has 18 heavy (non-hydrogen) atoms. The summed E-state index contributed by atoms with van der Waals surface area (Å²) >= 11 is 5.70. The summed E-state index contributed by atoms with van der Waals surface area (Å²) in [5.41, 5.74) is 0. The average Bonchev–Trinajstić information content (AvgIpc) is 2.12. The van der Waals surface area contributed by atoms with Crippen LogP contribution in [-0.2, 0) is 9.84 Å². The minimum Gasteiger partial charge on any atom is -0.464 e. The van der Waals surface area contributed by atoms with Gasteiger partial charge in [0, 0.05) is 12.3 Å². The number of rotatable bonds is 6. The highest BCUT2D eigenvalue weighted by molar-refractivity contribution is 7.90. The summed E-state index contributed by atoms with van der Waals surface area (Å²) < 4.78 is 27.4. The van der Waals surface area contributed by atoms with Crippen LogP contribution in [0.4, 0.5) is 5.95 Å². The molecule has 0 saturated heterocycles. The molecule has 1 rings (SSSR count). The molecule has 1 aromatic rings. The Bertz CT molecular complexity index is 509. The summed E-state index contributed by atoms with van der Waals surface area (Å²) in [7, 11) is -3.07. The van der Waals surface area contributed by atoms with Crippen LogP contribution >= 0.6 is 11.6 Å². The number of sulfone groups is 1. The maximum absolute atomic E-state index is 11.1. The largest absolute Gasteiger partial charge is 0.464 e. The zero-order chi connectivity index (χ0) is 13.8. The van der Waals surface area contributed by atoms with Gasteiger partial charge in [-0.2, -0.15) is 15.0 Å². The minimum atomic E-state index is -3.07. The van der Waals surface area contributed by atoms with Crippen molar-refractivity contribution >= 4 is 27.4 Å². The van der Waals surface area contributed by atoms with Crippen LogP contribution in [0.3, 0.4) is 0 Å². The molecule has 0 aliphatic heterocycles. The third-order valence-corrected chi connectivity index (χ3v) is 3.06. The quantitative estimate of drug-likeness (QED) is 0.828. The SMILES string of the molecule is CCOc1nc(Cl)nc(NC(C)CS(C)(=O)=O)n1. The van der Waals surface area contributed by atoms with Gasteiger partial charge >= 0.3 is 6.01 Å². The second-order valence-electron chi connectivity index (χ2n) is 3.78. The highest BCUT2D eigenvalue weighted by atomic mass is 35.5. The van der Waals surface area contributed by atoms with E-state index in [-0.39, 0.29) is 29.0 Å². The molecule has 0 aliphatic carbocycles. The number of anilines is 1. The van der Waals surface area contributed by atoms with Crippen LogP contribution < -0.4 is 10.1 Å². The fraction of sp³-hybridized carbons (Fsp3) is 0.667. The van der Waals surface area contributed by atoms with Gasteiger partial charge in [-0.3, -0.25) is 0 Å². The van der Waals surface area contributed by atoms with E-state index in [1.807, 2.05) is 0 Å². The van der Waals surface area contributed by atoms with E-state index in [1.54, 1.807) is 13.8 Å². The van der Waals surface area contributed by atoms with Gasteiger partial charge in [0.2, 0.25) is 11.2 Å². The molecule has 0 fully saturated rings. The van der Waals surface area contributed by atoms with E-state index >= 15 is 0 Å². The average molecular weight is 295 g/mol. The van der Waals surface area contributed by atoms with Crippen molar-refractivity contribution in [3.8, 4) is 6.01 Å². The van der Waals surface area contributed by atoms with Crippen LogP contribution in [0.1, 0.15) is 13.8 Å². The van der Waals surface area contributed by atoms with E-state index in [9.17, 15) is 8.42 Å². The van der Waals surface area contributed by atoms with Crippen molar-refractivity contribution in [1.29, 1.82) is 0 Å². The van der Waals surface area contributed by atoms with Crippen molar-refractivity contribution in [1.82, 2.24) is 15.0 Å². The van der Waals surface area contributed by atoms with Crippen molar-refractivity contribution < 1.29 is 13.2 Å². The molecule has 0 radical (unpaired) electrons. The van der Waals surface area contributed by atoms with Crippen LogP contribution in [0.25, 0.3) is 0 Å². The van der Waals surface area contributed by atoms with Gasteiger partial charge in [0.05, 0.1) is 12.4 Å². The zero-order valence-corrected chi connectivity index (χ0v) is 11.9. The number of ether oxygens (including phenoxy) is 1. The number of nitrogens with one attached hydrogen (secondary N) is 1. The highest BCUT2D eigenvalue weighted by Gasteiger charge is 2.13. The monoisotopic (exact) mass is 294 g/mol. The number of hydrogen-bond donors (Lipinski definition) is 1. The zero-order valence-electron chi connectivity index (χ0n) is 10.3. The summed E-state index contributed by atoms with van der Waals surface area (Å²) in [6, 6.07) is -0.237. The molecular weight excluding hydrogens is 280 g/mol. The molecule has 9 heteroatoms. The topological polar surface area (TPSA) is 94.1 Å². The van der Waals surface area contributed by atoms with E-state index in [0.717, 1.165) is 6.26 Å². The van der Waals surface area contributed by atoms with Crippen LogP contribution in [0.5, 0.6) is 6.01 Å². The molecule has 102 valence electrons. The number of halogens is 1. The first-order valence-corrected chi connectivity index (χ1v) is 7.72. The van der Waals surface area contributed by atoms with E-state index in [4.69, 9.17) is 16.3 Å². The Kier molecular flexibility index (Phi) is 5.09. The smallest absolute Gasteiger partial charge is 0.322 e. The van der Waals surface area contributed by atoms with Crippen LogP contribution in [0.15, 0.2) is 0 Å². The summed E-state index contributed by atoms with van der Waals surface area (Å²) in [6.07, 6.45) is 1.16. The van der Waals surface area contributed by atoms with Crippen LogP contribution in [-0.4, -0.2) is 48.0 Å². The van der Waals surface area contributed by atoms with E-state index < -0.39 is 9.84 Å². The number of hydrogen-bond acceptors (Lipinski definition) is 7.